The highest BCUT2D eigenvalue weighted by atomic mass is 32.2. The van der Waals surface area contributed by atoms with E-state index in [0.29, 0.717) is 48.7 Å². The Labute approximate surface area is 230 Å². The lowest BCUT2D eigenvalue weighted by molar-refractivity contribution is 0.102. The fourth-order valence-corrected chi connectivity index (χ4v) is 7.41. The van der Waals surface area contributed by atoms with Crippen LogP contribution in [-0.2, 0) is 25.9 Å². The third-order valence-electron chi connectivity index (χ3n) is 8.61. The molecule has 4 heterocycles. The highest BCUT2D eigenvalue weighted by Gasteiger charge is 2.45. The molecule has 1 saturated carbocycles. The molecule has 4 aliphatic rings. The van der Waals surface area contributed by atoms with E-state index in [1.54, 1.807) is 6.07 Å². The Morgan fingerprint density at radius 2 is 1.79 bits per heavy atom. The molecule has 0 atom stereocenters. The van der Waals surface area contributed by atoms with Gasteiger partial charge in [0.15, 0.2) is 0 Å². The van der Waals surface area contributed by atoms with Crippen LogP contribution < -0.4 is 19.4 Å². The molecule has 1 amide bonds. The summed E-state index contributed by atoms with van der Waals surface area (Å²) in [7, 11) is -2.02. The molecular formula is C28H37N5O5S. The number of anilines is 4. The van der Waals surface area contributed by atoms with E-state index in [0.717, 1.165) is 56.1 Å². The van der Waals surface area contributed by atoms with E-state index in [1.807, 2.05) is 24.3 Å². The highest BCUT2D eigenvalue weighted by Crippen LogP contribution is 2.54. The standard InChI is InChI=1S/C28H37N5O5S/c1-37-17-18-39(35,36)33-10-5-21-19-22(24(20-23(21)33)31-11-8-28(6-7-28)9-12-31)27(34)30-25-3-2-4-26(29-25)32-13-15-38-16-14-32/h2-4,19-20H,5-18H2,1H3,(H,29,30,34). The normalized spacial score (nSPS) is 20.3. The second-order valence-electron chi connectivity index (χ2n) is 11.1. The molecule has 1 N–H and O–H groups in total. The molecule has 1 spiro atoms. The zero-order chi connectivity index (χ0) is 27.0. The number of carbonyl (C=O) groups excluding carboxylic acids is 1. The molecule has 0 radical (unpaired) electrons. The average Bonchev–Trinajstić information content (AvgIpc) is 3.57. The summed E-state index contributed by atoms with van der Waals surface area (Å²) in [4.78, 5) is 22.9. The molecule has 1 aromatic heterocycles. The minimum atomic E-state index is -3.52. The topological polar surface area (TPSA) is 104 Å². The molecular weight excluding hydrogens is 518 g/mol. The number of aromatic nitrogens is 1. The fourth-order valence-electron chi connectivity index (χ4n) is 5.97. The summed E-state index contributed by atoms with van der Waals surface area (Å²) >= 11 is 0. The van der Waals surface area contributed by atoms with Crippen molar-refractivity contribution in [1.82, 2.24) is 4.98 Å². The van der Waals surface area contributed by atoms with Crippen molar-refractivity contribution in [1.29, 1.82) is 0 Å². The van der Waals surface area contributed by atoms with Crippen LogP contribution in [0, 0.1) is 5.41 Å². The lowest BCUT2D eigenvalue weighted by atomic mass is 9.92. The van der Waals surface area contributed by atoms with Gasteiger partial charge in [0, 0.05) is 39.8 Å². The maximum Gasteiger partial charge on any atom is 0.258 e. The van der Waals surface area contributed by atoms with Crippen molar-refractivity contribution in [2.45, 2.75) is 32.1 Å². The largest absolute Gasteiger partial charge is 0.384 e. The number of nitrogens with one attached hydrogen (secondary N) is 1. The Kier molecular flexibility index (Phi) is 7.15. The number of benzene rings is 1. The van der Waals surface area contributed by atoms with Gasteiger partial charge < -0.3 is 24.6 Å². The molecule has 3 fully saturated rings. The van der Waals surface area contributed by atoms with Gasteiger partial charge in [0.2, 0.25) is 10.0 Å². The minimum Gasteiger partial charge on any atom is -0.384 e. The van der Waals surface area contributed by atoms with Crippen LogP contribution >= 0.6 is 0 Å². The zero-order valence-electron chi connectivity index (χ0n) is 22.5. The van der Waals surface area contributed by atoms with Crippen LogP contribution in [0.15, 0.2) is 30.3 Å². The van der Waals surface area contributed by atoms with E-state index in [1.165, 1.54) is 24.3 Å². The number of sulfonamides is 1. The first-order valence-corrected chi connectivity index (χ1v) is 15.5. The first-order chi connectivity index (χ1) is 18.9. The van der Waals surface area contributed by atoms with E-state index in [4.69, 9.17) is 14.5 Å². The Hall–Kier alpha value is -2.89. The van der Waals surface area contributed by atoms with E-state index in [2.05, 4.69) is 15.1 Å². The van der Waals surface area contributed by atoms with Gasteiger partial charge in [-0.25, -0.2) is 13.4 Å². The van der Waals surface area contributed by atoms with Gasteiger partial charge >= 0.3 is 0 Å². The first kappa shape index (κ1) is 26.3. The average molecular weight is 556 g/mol. The van der Waals surface area contributed by atoms with Crippen molar-refractivity contribution in [3.8, 4) is 0 Å². The van der Waals surface area contributed by atoms with Crippen LogP contribution in [-0.4, -0.2) is 84.7 Å². The van der Waals surface area contributed by atoms with Gasteiger partial charge in [0.05, 0.1) is 42.5 Å². The number of hydrogen-bond acceptors (Lipinski definition) is 8. The number of ether oxygens (including phenoxy) is 2. The molecule has 2 aromatic rings. The molecule has 0 unspecified atom stereocenters. The monoisotopic (exact) mass is 555 g/mol. The van der Waals surface area contributed by atoms with Gasteiger partial charge in [-0.05, 0) is 67.3 Å². The number of morpholine rings is 1. The quantitative estimate of drug-likeness (QED) is 0.530. The van der Waals surface area contributed by atoms with Crippen LogP contribution in [0.4, 0.5) is 23.0 Å². The third kappa shape index (κ3) is 5.44. The number of rotatable bonds is 8. The highest BCUT2D eigenvalue weighted by molar-refractivity contribution is 7.92. The van der Waals surface area contributed by atoms with Gasteiger partial charge in [0.1, 0.15) is 11.6 Å². The number of fused-ring (bicyclic) bond motifs is 1. The van der Waals surface area contributed by atoms with Crippen molar-refractivity contribution in [3.63, 3.8) is 0 Å². The second kappa shape index (κ2) is 10.6. The summed E-state index contributed by atoms with van der Waals surface area (Å²) < 4.78 is 38.2. The zero-order valence-corrected chi connectivity index (χ0v) is 23.3. The fraction of sp³-hybridized carbons (Fsp3) is 0.571. The number of pyridine rings is 1. The number of piperidine rings is 1. The van der Waals surface area contributed by atoms with Crippen molar-refractivity contribution < 1.29 is 22.7 Å². The number of hydrogen-bond donors (Lipinski definition) is 1. The van der Waals surface area contributed by atoms with Gasteiger partial charge in [-0.1, -0.05) is 6.07 Å². The van der Waals surface area contributed by atoms with Crippen LogP contribution in [0.3, 0.4) is 0 Å². The molecule has 3 aliphatic heterocycles. The maximum atomic E-state index is 13.8. The maximum absolute atomic E-state index is 13.8. The molecule has 6 rings (SSSR count). The smallest absolute Gasteiger partial charge is 0.258 e. The second-order valence-corrected chi connectivity index (χ2v) is 13.1. The Balaban J connectivity index is 1.30. The predicted octanol–water partition coefficient (Wildman–Crippen LogP) is 2.89. The minimum absolute atomic E-state index is 0.0715. The lowest BCUT2D eigenvalue weighted by Gasteiger charge is -2.35. The summed E-state index contributed by atoms with van der Waals surface area (Å²) in [6.07, 6.45) is 5.34. The number of carbonyl (C=O) groups is 1. The molecule has 210 valence electrons. The summed E-state index contributed by atoms with van der Waals surface area (Å²) in [5.74, 6) is 1.01. The number of methoxy groups -OCH3 is 1. The van der Waals surface area contributed by atoms with Gasteiger partial charge in [-0.2, -0.15) is 0 Å². The van der Waals surface area contributed by atoms with Gasteiger partial charge in [0.25, 0.3) is 5.91 Å². The Morgan fingerprint density at radius 1 is 1.03 bits per heavy atom. The van der Waals surface area contributed by atoms with Gasteiger partial charge in [-0.3, -0.25) is 9.10 Å². The molecule has 1 aliphatic carbocycles. The van der Waals surface area contributed by atoms with E-state index < -0.39 is 10.0 Å². The van der Waals surface area contributed by atoms with E-state index >= 15 is 0 Å². The summed E-state index contributed by atoms with van der Waals surface area (Å²) in [5, 5.41) is 3.02. The van der Waals surface area contributed by atoms with Gasteiger partial charge in [-0.15, -0.1) is 0 Å². The Morgan fingerprint density at radius 3 is 2.51 bits per heavy atom. The number of amides is 1. The van der Waals surface area contributed by atoms with E-state index in [-0.39, 0.29) is 18.3 Å². The van der Waals surface area contributed by atoms with Crippen molar-refractivity contribution in [3.05, 3.63) is 41.5 Å². The van der Waals surface area contributed by atoms with Crippen molar-refractivity contribution in [2.24, 2.45) is 5.41 Å². The molecule has 11 heteroatoms. The third-order valence-corrected chi connectivity index (χ3v) is 10.3. The van der Waals surface area contributed by atoms with Crippen LogP contribution in [0.1, 0.15) is 41.6 Å². The molecule has 2 saturated heterocycles. The van der Waals surface area contributed by atoms with Crippen molar-refractivity contribution >= 4 is 38.9 Å². The summed E-state index contributed by atoms with van der Waals surface area (Å²) in [6.45, 7) is 5.09. The Bertz CT molecular complexity index is 1330. The summed E-state index contributed by atoms with van der Waals surface area (Å²) in [6, 6.07) is 9.46. The number of nitrogens with zero attached hydrogens (tertiary/aromatic N) is 4. The van der Waals surface area contributed by atoms with Crippen molar-refractivity contribution in [2.75, 3.05) is 84.8 Å². The molecule has 39 heavy (non-hydrogen) atoms. The molecule has 1 aromatic carbocycles. The lowest BCUT2D eigenvalue weighted by Crippen LogP contribution is -2.37. The molecule has 0 bridgehead atoms. The first-order valence-electron chi connectivity index (χ1n) is 13.9. The predicted molar refractivity (Wildman–Crippen MR) is 151 cm³/mol. The van der Waals surface area contributed by atoms with Crippen LogP contribution in [0.5, 0.6) is 0 Å². The van der Waals surface area contributed by atoms with Crippen LogP contribution in [0.2, 0.25) is 0 Å². The van der Waals surface area contributed by atoms with E-state index in [9.17, 15) is 13.2 Å². The SMILES string of the molecule is COCCS(=O)(=O)N1CCc2cc(C(=O)Nc3cccc(N4CCOCC4)n3)c(N3CCC4(CC3)CC4)cc21. The van der Waals surface area contributed by atoms with Crippen LogP contribution in [0.25, 0.3) is 0 Å². The summed E-state index contributed by atoms with van der Waals surface area (Å²) in [5.41, 5.74) is 3.39. The molecule has 10 nitrogen and oxygen atoms in total.